The average molecular weight is 485 g/mol. The molecule has 8 nitrogen and oxygen atoms in total. The Morgan fingerprint density at radius 1 is 1.15 bits per heavy atom. The van der Waals surface area contributed by atoms with Crippen LogP contribution in [-0.4, -0.2) is 43.2 Å². The first-order valence-corrected chi connectivity index (χ1v) is 12.9. The smallest absolute Gasteiger partial charge is 0.261 e. The summed E-state index contributed by atoms with van der Waals surface area (Å²) in [5, 5.41) is 5.10. The summed E-state index contributed by atoms with van der Waals surface area (Å²) in [7, 11) is -3.86. The lowest BCUT2D eigenvalue weighted by molar-refractivity contribution is -0.121. The molecule has 0 saturated carbocycles. The number of rotatable bonds is 6. The van der Waals surface area contributed by atoms with Crippen molar-refractivity contribution in [3.63, 3.8) is 0 Å². The van der Waals surface area contributed by atoms with Crippen LogP contribution >= 0.6 is 11.3 Å². The summed E-state index contributed by atoms with van der Waals surface area (Å²) in [5.41, 5.74) is 1.65. The van der Waals surface area contributed by atoms with Crippen LogP contribution in [0.15, 0.2) is 65.0 Å². The van der Waals surface area contributed by atoms with E-state index in [2.05, 4.69) is 15.0 Å². The zero-order chi connectivity index (χ0) is 23.4. The van der Waals surface area contributed by atoms with Crippen LogP contribution in [0.1, 0.15) is 28.8 Å². The van der Waals surface area contributed by atoms with Crippen molar-refractivity contribution in [2.45, 2.75) is 24.7 Å². The third-order valence-corrected chi connectivity index (χ3v) is 7.47. The van der Waals surface area contributed by atoms with Gasteiger partial charge in [0.25, 0.3) is 15.9 Å². The second-order valence-electron chi connectivity index (χ2n) is 7.92. The van der Waals surface area contributed by atoms with E-state index in [1.807, 2.05) is 13.0 Å². The summed E-state index contributed by atoms with van der Waals surface area (Å²) in [5.74, 6) is -0.808. The lowest BCUT2D eigenvalue weighted by Crippen LogP contribution is -2.43. The highest BCUT2D eigenvalue weighted by atomic mass is 32.2. The molecular formula is C23H24N4O4S2. The van der Waals surface area contributed by atoms with Crippen molar-refractivity contribution in [3.05, 3.63) is 71.2 Å². The second-order valence-corrected chi connectivity index (χ2v) is 10.5. The number of anilines is 2. The summed E-state index contributed by atoms with van der Waals surface area (Å²) < 4.78 is 28.3. The van der Waals surface area contributed by atoms with Crippen LogP contribution in [0, 0.1) is 12.8 Å². The van der Waals surface area contributed by atoms with E-state index < -0.39 is 10.0 Å². The molecule has 1 aromatic heterocycles. The Balaban J connectivity index is 1.47. The number of hydrogen-bond donors (Lipinski definition) is 2. The lowest BCUT2D eigenvalue weighted by Gasteiger charge is -2.32. The number of carbonyl (C=O) groups is 2. The van der Waals surface area contributed by atoms with E-state index in [9.17, 15) is 18.0 Å². The third-order valence-electron chi connectivity index (χ3n) is 5.40. The molecule has 10 heteroatoms. The van der Waals surface area contributed by atoms with Gasteiger partial charge >= 0.3 is 0 Å². The molecule has 2 N–H and O–H groups in total. The summed E-state index contributed by atoms with van der Waals surface area (Å²) in [6.45, 7) is 2.66. The molecule has 1 aliphatic rings. The van der Waals surface area contributed by atoms with Crippen LogP contribution in [0.2, 0.25) is 0 Å². The standard InChI is InChI=1S/C23H24N4O4S2/c1-16-5-2-8-19(13-16)26-33(30,31)20-9-3-6-17(14-20)22(29)27-11-4-7-18(15-27)21(28)25-23-24-10-12-32-23/h2-3,5-6,8-10,12-14,18,26H,4,7,11,15H2,1H3,(H,24,25,28). The van der Waals surface area contributed by atoms with Crippen molar-refractivity contribution in [1.29, 1.82) is 0 Å². The van der Waals surface area contributed by atoms with Crippen LogP contribution in [0.25, 0.3) is 0 Å². The third kappa shape index (κ3) is 5.58. The van der Waals surface area contributed by atoms with Crippen molar-refractivity contribution in [2.75, 3.05) is 23.1 Å². The van der Waals surface area contributed by atoms with Gasteiger partial charge < -0.3 is 10.2 Å². The molecule has 0 spiro atoms. The van der Waals surface area contributed by atoms with Gasteiger partial charge in [-0.2, -0.15) is 0 Å². The van der Waals surface area contributed by atoms with Gasteiger partial charge in [-0.1, -0.05) is 18.2 Å². The first-order chi connectivity index (χ1) is 15.8. The molecule has 3 aromatic rings. The Labute approximate surface area is 196 Å². The molecule has 2 aromatic carbocycles. The number of thiazole rings is 1. The number of amides is 2. The summed E-state index contributed by atoms with van der Waals surface area (Å²) >= 11 is 1.34. The molecular weight excluding hydrogens is 460 g/mol. The van der Waals surface area contributed by atoms with E-state index in [1.165, 1.54) is 23.5 Å². The van der Waals surface area contributed by atoms with Crippen LogP contribution in [-0.2, 0) is 14.8 Å². The summed E-state index contributed by atoms with van der Waals surface area (Å²) in [6, 6.07) is 13.0. The number of sulfonamides is 1. The maximum atomic E-state index is 13.1. The van der Waals surface area contributed by atoms with Gasteiger partial charge in [-0.3, -0.25) is 14.3 Å². The molecule has 4 rings (SSSR count). The quantitative estimate of drug-likeness (QED) is 0.554. The molecule has 0 aliphatic carbocycles. The van der Waals surface area contributed by atoms with E-state index in [0.29, 0.717) is 30.2 Å². The zero-order valence-electron chi connectivity index (χ0n) is 18.0. The van der Waals surface area contributed by atoms with Crippen molar-refractivity contribution >= 4 is 44.0 Å². The van der Waals surface area contributed by atoms with Gasteiger partial charge in [-0.25, -0.2) is 13.4 Å². The first-order valence-electron chi connectivity index (χ1n) is 10.5. The van der Waals surface area contributed by atoms with Crippen molar-refractivity contribution in [3.8, 4) is 0 Å². The van der Waals surface area contributed by atoms with Gasteiger partial charge in [-0.05, 0) is 55.7 Å². The number of benzene rings is 2. The molecule has 1 unspecified atom stereocenters. The van der Waals surface area contributed by atoms with Crippen molar-refractivity contribution in [2.24, 2.45) is 5.92 Å². The van der Waals surface area contributed by atoms with E-state index in [4.69, 9.17) is 0 Å². The van der Waals surface area contributed by atoms with Crippen LogP contribution in [0.3, 0.4) is 0 Å². The highest BCUT2D eigenvalue weighted by Gasteiger charge is 2.30. The molecule has 1 atom stereocenters. The molecule has 0 bridgehead atoms. The fourth-order valence-corrected chi connectivity index (χ4v) is 5.40. The monoisotopic (exact) mass is 484 g/mol. The van der Waals surface area contributed by atoms with Crippen molar-refractivity contribution < 1.29 is 18.0 Å². The summed E-state index contributed by atoms with van der Waals surface area (Å²) in [4.78, 5) is 31.4. The topological polar surface area (TPSA) is 108 Å². The van der Waals surface area contributed by atoms with E-state index >= 15 is 0 Å². The van der Waals surface area contributed by atoms with Crippen molar-refractivity contribution in [1.82, 2.24) is 9.88 Å². The van der Waals surface area contributed by atoms with Gasteiger partial charge in [0.1, 0.15) is 0 Å². The Morgan fingerprint density at radius 2 is 1.97 bits per heavy atom. The number of nitrogens with one attached hydrogen (secondary N) is 2. The Hall–Kier alpha value is -3.24. The Kier molecular flexibility index (Phi) is 6.75. The number of hydrogen-bond acceptors (Lipinski definition) is 6. The second kappa shape index (κ2) is 9.72. The minimum Gasteiger partial charge on any atom is -0.338 e. The maximum Gasteiger partial charge on any atom is 0.261 e. The van der Waals surface area contributed by atoms with E-state index in [-0.39, 0.29) is 34.7 Å². The highest BCUT2D eigenvalue weighted by Crippen LogP contribution is 2.23. The number of likely N-dealkylation sites (tertiary alicyclic amines) is 1. The molecule has 2 heterocycles. The van der Waals surface area contributed by atoms with Crippen LogP contribution in [0.4, 0.5) is 10.8 Å². The van der Waals surface area contributed by atoms with E-state index in [0.717, 1.165) is 5.56 Å². The van der Waals surface area contributed by atoms with Gasteiger partial charge in [0.15, 0.2) is 5.13 Å². The average Bonchev–Trinajstić information content (AvgIpc) is 3.31. The first kappa shape index (κ1) is 22.9. The van der Waals surface area contributed by atoms with Crippen LogP contribution < -0.4 is 10.0 Å². The van der Waals surface area contributed by atoms with Gasteiger partial charge in [0.2, 0.25) is 5.91 Å². The molecule has 1 aliphatic heterocycles. The Morgan fingerprint density at radius 3 is 2.73 bits per heavy atom. The number of piperidine rings is 1. The lowest BCUT2D eigenvalue weighted by atomic mass is 9.96. The molecule has 172 valence electrons. The molecule has 2 amide bonds. The normalized spacial score (nSPS) is 16.3. The molecule has 33 heavy (non-hydrogen) atoms. The predicted molar refractivity (Wildman–Crippen MR) is 128 cm³/mol. The minimum atomic E-state index is -3.86. The summed E-state index contributed by atoms with van der Waals surface area (Å²) in [6.07, 6.45) is 2.98. The predicted octanol–water partition coefficient (Wildman–Crippen LogP) is 3.74. The SMILES string of the molecule is Cc1cccc(NS(=O)(=O)c2cccc(C(=O)N3CCCC(C(=O)Nc4nccs4)C3)c2)c1. The highest BCUT2D eigenvalue weighted by molar-refractivity contribution is 7.92. The van der Waals surface area contributed by atoms with E-state index in [1.54, 1.807) is 46.8 Å². The largest absolute Gasteiger partial charge is 0.338 e. The maximum absolute atomic E-state index is 13.1. The zero-order valence-corrected chi connectivity index (χ0v) is 19.7. The minimum absolute atomic E-state index is 0.00456. The van der Waals surface area contributed by atoms with Gasteiger partial charge in [0, 0.05) is 35.9 Å². The molecule has 0 radical (unpaired) electrons. The fourth-order valence-electron chi connectivity index (χ4n) is 3.77. The molecule has 1 fully saturated rings. The van der Waals surface area contributed by atoms with Gasteiger partial charge in [-0.15, -0.1) is 11.3 Å². The van der Waals surface area contributed by atoms with Gasteiger partial charge in [0.05, 0.1) is 10.8 Å². The molecule has 1 saturated heterocycles. The number of aromatic nitrogens is 1. The fraction of sp³-hybridized carbons (Fsp3) is 0.261. The number of aryl methyl sites for hydroxylation is 1. The Bertz CT molecular complexity index is 1260. The van der Waals surface area contributed by atoms with Crippen LogP contribution in [0.5, 0.6) is 0 Å². The number of carbonyl (C=O) groups excluding carboxylic acids is 2. The number of nitrogens with zero attached hydrogens (tertiary/aromatic N) is 2.